The van der Waals surface area contributed by atoms with Gasteiger partial charge in [-0.1, -0.05) is 26.3 Å². The number of nitrogens with one attached hydrogen (secondary N) is 1. The smallest absolute Gasteiger partial charge is 0.410 e. The topological polar surface area (TPSA) is 64.6 Å². The lowest BCUT2D eigenvalue weighted by atomic mass is 10.2. The number of amides is 1. The Morgan fingerprint density at radius 2 is 1.85 bits per heavy atom. The van der Waals surface area contributed by atoms with Gasteiger partial charge in [-0.2, -0.15) is 0 Å². The fourth-order valence-corrected chi connectivity index (χ4v) is 1.41. The van der Waals surface area contributed by atoms with Crippen molar-refractivity contribution in [2.24, 2.45) is 0 Å². The van der Waals surface area contributed by atoms with Gasteiger partial charge in [-0.15, -0.1) is 0 Å². The normalized spacial score (nSPS) is 12.4. The first kappa shape index (κ1) is 18.5. The molecule has 0 saturated carbocycles. The predicted molar refractivity (Wildman–Crippen MR) is 78.2 cm³/mol. The zero-order chi connectivity index (χ0) is 15.8. The standard InChI is InChI=1S/C15H27NO4/c1-7-8-9-10-12(19-13(17)11(2)3)16-14(18)20-15(4,5)6/h12H,2,7-10H2,1,3-6H3,(H,16,18). The molecule has 0 heterocycles. The largest absolute Gasteiger partial charge is 0.444 e. The zero-order valence-electron chi connectivity index (χ0n) is 13.2. The number of hydrogen-bond acceptors (Lipinski definition) is 4. The van der Waals surface area contributed by atoms with Crippen LogP contribution >= 0.6 is 0 Å². The summed E-state index contributed by atoms with van der Waals surface area (Å²) in [5.74, 6) is -0.512. The van der Waals surface area contributed by atoms with E-state index >= 15 is 0 Å². The van der Waals surface area contributed by atoms with Crippen molar-refractivity contribution in [2.75, 3.05) is 0 Å². The van der Waals surface area contributed by atoms with Crippen LogP contribution in [0.5, 0.6) is 0 Å². The summed E-state index contributed by atoms with van der Waals surface area (Å²) in [6, 6.07) is 0. The van der Waals surface area contributed by atoms with E-state index in [0.29, 0.717) is 12.0 Å². The van der Waals surface area contributed by atoms with Crippen LogP contribution in [0.4, 0.5) is 4.79 Å². The van der Waals surface area contributed by atoms with Gasteiger partial charge in [0.1, 0.15) is 5.60 Å². The van der Waals surface area contributed by atoms with Gasteiger partial charge in [-0.05, 0) is 34.1 Å². The SMILES string of the molecule is C=C(C)C(=O)OC(CCCCC)NC(=O)OC(C)(C)C. The molecule has 5 heteroatoms. The highest BCUT2D eigenvalue weighted by atomic mass is 16.6. The molecule has 0 aliphatic heterocycles. The molecule has 0 spiro atoms. The lowest BCUT2D eigenvalue weighted by Crippen LogP contribution is -2.41. The van der Waals surface area contributed by atoms with Gasteiger partial charge < -0.3 is 9.47 Å². The van der Waals surface area contributed by atoms with Crippen LogP contribution in [-0.4, -0.2) is 23.9 Å². The van der Waals surface area contributed by atoms with Gasteiger partial charge in [-0.3, -0.25) is 5.32 Å². The summed E-state index contributed by atoms with van der Waals surface area (Å²) in [4.78, 5) is 23.2. The van der Waals surface area contributed by atoms with Gasteiger partial charge in [-0.25, -0.2) is 9.59 Å². The highest BCUT2D eigenvalue weighted by molar-refractivity contribution is 5.87. The van der Waals surface area contributed by atoms with Gasteiger partial charge in [0, 0.05) is 12.0 Å². The van der Waals surface area contributed by atoms with Crippen LogP contribution in [0, 0.1) is 0 Å². The first-order valence-electron chi connectivity index (χ1n) is 7.01. The van der Waals surface area contributed by atoms with Gasteiger partial charge in [0.25, 0.3) is 0 Å². The van der Waals surface area contributed by atoms with Gasteiger partial charge in [0.15, 0.2) is 6.23 Å². The fraction of sp³-hybridized carbons (Fsp3) is 0.733. The zero-order valence-corrected chi connectivity index (χ0v) is 13.2. The second-order valence-corrected chi connectivity index (χ2v) is 5.82. The average Bonchev–Trinajstić information content (AvgIpc) is 2.26. The lowest BCUT2D eigenvalue weighted by Gasteiger charge is -2.23. The van der Waals surface area contributed by atoms with Gasteiger partial charge in [0.2, 0.25) is 0 Å². The molecule has 1 N–H and O–H groups in total. The molecule has 0 aromatic rings. The van der Waals surface area contributed by atoms with E-state index in [-0.39, 0.29) is 0 Å². The monoisotopic (exact) mass is 285 g/mol. The van der Waals surface area contributed by atoms with E-state index < -0.39 is 23.9 Å². The summed E-state index contributed by atoms with van der Waals surface area (Å²) < 4.78 is 10.3. The molecule has 116 valence electrons. The highest BCUT2D eigenvalue weighted by Gasteiger charge is 2.21. The fourth-order valence-electron chi connectivity index (χ4n) is 1.41. The first-order valence-corrected chi connectivity index (χ1v) is 7.01. The summed E-state index contributed by atoms with van der Waals surface area (Å²) in [6.45, 7) is 12.5. The van der Waals surface area contributed by atoms with Crippen LogP contribution in [0.25, 0.3) is 0 Å². The first-order chi connectivity index (χ1) is 9.15. The molecule has 0 aliphatic rings. The number of esters is 1. The maximum absolute atomic E-state index is 11.7. The quantitative estimate of drug-likeness (QED) is 0.336. The van der Waals surface area contributed by atoms with E-state index in [1.807, 2.05) is 0 Å². The molecule has 0 aromatic heterocycles. The minimum absolute atomic E-state index is 0.302. The van der Waals surface area contributed by atoms with Crippen LogP contribution < -0.4 is 5.32 Å². The second kappa shape index (κ2) is 8.61. The van der Waals surface area contributed by atoms with Crippen molar-refractivity contribution in [1.29, 1.82) is 0 Å². The van der Waals surface area contributed by atoms with Crippen LogP contribution in [-0.2, 0) is 14.3 Å². The van der Waals surface area contributed by atoms with Crippen molar-refractivity contribution >= 4 is 12.1 Å². The van der Waals surface area contributed by atoms with E-state index in [4.69, 9.17) is 9.47 Å². The van der Waals surface area contributed by atoms with Crippen LogP contribution in [0.1, 0.15) is 60.3 Å². The lowest BCUT2D eigenvalue weighted by molar-refractivity contribution is -0.145. The molecule has 5 nitrogen and oxygen atoms in total. The van der Waals surface area contributed by atoms with Crippen molar-refractivity contribution in [3.8, 4) is 0 Å². The predicted octanol–water partition coefficient (Wildman–Crippen LogP) is 3.54. The molecule has 0 bridgehead atoms. The molecule has 20 heavy (non-hydrogen) atoms. The van der Waals surface area contributed by atoms with E-state index in [9.17, 15) is 9.59 Å². The average molecular weight is 285 g/mol. The Hall–Kier alpha value is -1.52. The summed E-state index contributed by atoms with van der Waals surface area (Å²) in [6.07, 6.45) is 2.21. The Morgan fingerprint density at radius 3 is 2.30 bits per heavy atom. The number of alkyl carbamates (subject to hydrolysis) is 1. The summed E-state index contributed by atoms with van der Waals surface area (Å²) in [5, 5.41) is 2.57. The molecule has 0 fully saturated rings. The van der Waals surface area contributed by atoms with Crippen molar-refractivity contribution in [3.63, 3.8) is 0 Å². The molecule has 0 saturated heterocycles. The van der Waals surface area contributed by atoms with Crippen molar-refractivity contribution in [1.82, 2.24) is 5.32 Å². The maximum atomic E-state index is 11.7. The van der Waals surface area contributed by atoms with Gasteiger partial charge in [0.05, 0.1) is 0 Å². The van der Waals surface area contributed by atoms with Crippen LogP contribution in [0.15, 0.2) is 12.2 Å². The van der Waals surface area contributed by atoms with Crippen molar-refractivity contribution in [3.05, 3.63) is 12.2 Å². The van der Waals surface area contributed by atoms with Gasteiger partial charge >= 0.3 is 12.1 Å². The molecule has 0 aliphatic carbocycles. The number of ether oxygens (including phenoxy) is 2. The Morgan fingerprint density at radius 1 is 1.25 bits per heavy atom. The minimum Gasteiger partial charge on any atom is -0.444 e. The molecular formula is C15H27NO4. The Kier molecular flexibility index (Phi) is 7.96. The number of rotatable bonds is 7. The molecule has 0 aromatic carbocycles. The van der Waals surface area contributed by atoms with E-state index in [1.54, 1.807) is 27.7 Å². The Labute approximate surface area is 121 Å². The maximum Gasteiger partial charge on any atom is 0.410 e. The van der Waals surface area contributed by atoms with E-state index in [2.05, 4.69) is 18.8 Å². The summed E-state index contributed by atoms with van der Waals surface area (Å²) >= 11 is 0. The van der Waals surface area contributed by atoms with Crippen LogP contribution in [0.2, 0.25) is 0 Å². The molecule has 0 rings (SSSR count). The van der Waals surface area contributed by atoms with Crippen molar-refractivity contribution < 1.29 is 19.1 Å². The molecule has 1 unspecified atom stereocenters. The Bertz CT molecular complexity index is 344. The molecule has 1 atom stereocenters. The number of unbranched alkanes of at least 4 members (excludes halogenated alkanes) is 2. The molecule has 0 radical (unpaired) electrons. The molecule has 1 amide bonds. The number of carbonyl (C=O) groups excluding carboxylic acids is 2. The number of hydrogen-bond donors (Lipinski definition) is 1. The second-order valence-electron chi connectivity index (χ2n) is 5.82. The highest BCUT2D eigenvalue weighted by Crippen LogP contribution is 2.10. The Balaban J connectivity index is 4.47. The third-order valence-corrected chi connectivity index (χ3v) is 2.35. The van der Waals surface area contributed by atoms with Crippen molar-refractivity contribution in [2.45, 2.75) is 72.1 Å². The number of carbonyl (C=O) groups is 2. The summed E-state index contributed by atoms with van der Waals surface area (Å²) in [5.41, 5.74) is -0.285. The minimum atomic E-state index is -0.680. The third kappa shape index (κ3) is 9.42. The molecular weight excluding hydrogens is 258 g/mol. The van der Waals surface area contributed by atoms with E-state index in [0.717, 1.165) is 19.3 Å². The van der Waals surface area contributed by atoms with Crippen LogP contribution in [0.3, 0.4) is 0 Å². The third-order valence-electron chi connectivity index (χ3n) is 2.35. The summed E-state index contributed by atoms with van der Waals surface area (Å²) in [7, 11) is 0. The van der Waals surface area contributed by atoms with E-state index in [1.165, 1.54) is 0 Å².